The van der Waals surface area contributed by atoms with Crippen molar-refractivity contribution in [2.75, 3.05) is 5.06 Å². The summed E-state index contributed by atoms with van der Waals surface area (Å²) in [5, 5.41) is 13.2. The molecule has 1 heterocycles. The van der Waals surface area contributed by atoms with Gasteiger partial charge in [0.1, 0.15) is 0 Å². The number of hydroxylamine groups is 1. The number of amidine groups is 1. The summed E-state index contributed by atoms with van der Waals surface area (Å²) in [5.41, 5.74) is 7.46. The summed E-state index contributed by atoms with van der Waals surface area (Å²) in [6.07, 6.45) is -2.67. The fourth-order valence-electron chi connectivity index (χ4n) is 3.17. The van der Waals surface area contributed by atoms with E-state index in [0.717, 1.165) is 5.06 Å². The molecule has 10 heteroatoms. The molecule has 3 N–H and O–H groups in total. The molecule has 1 amide bonds. The van der Waals surface area contributed by atoms with E-state index in [-0.39, 0.29) is 5.84 Å². The number of aliphatic imine (C=N–C) groups is 2. The van der Waals surface area contributed by atoms with E-state index in [1.165, 1.54) is 6.07 Å². The minimum Gasteiger partial charge on any atom is -0.365 e. The maximum Gasteiger partial charge on any atom is 0.429 e. The van der Waals surface area contributed by atoms with Gasteiger partial charge in [-0.2, -0.15) is 5.06 Å². The lowest BCUT2D eigenvalue weighted by molar-refractivity contribution is 0.154. The molecule has 1 aliphatic heterocycles. The molecule has 0 spiro atoms. The second kappa shape index (κ2) is 9.18. The van der Waals surface area contributed by atoms with E-state index < -0.39 is 12.3 Å². The molecule has 1 atom stereocenters. The van der Waals surface area contributed by atoms with Gasteiger partial charge in [0.15, 0.2) is 5.84 Å². The zero-order valence-corrected chi connectivity index (χ0v) is 18.5. The summed E-state index contributed by atoms with van der Waals surface area (Å²) in [6.45, 7) is 0. The highest BCUT2D eigenvalue weighted by molar-refractivity contribution is 6.36. The fraction of sp³-hybridized carbons (Fsp3) is 0.0455. The van der Waals surface area contributed by atoms with Gasteiger partial charge < -0.3 is 15.7 Å². The van der Waals surface area contributed by atoms with Crippen LogP contribution in [0.25, 0.3) is 0 Å². The molecule has 3 aromatic rings. The highest BCUT2D eigenvalue weighted by atomic mass is 35.5. The Morgan fingerprint density at radius 3 is 2.44 bits per heavy atom. The lowest BCUT2D eigenvalue weighted by Crippen LogP contribution is -2.41. The molecule has 0 fully saturated rings. The molecule has 1 unspecified atom stereocenters. The molecule has 0 aliphatic carbocycles. The Bertz CT molecular complexity index is 1260. The number of amides is 1. The number of primary amides is 1. The molecule has 162 valence electrons. The van der Waals surface area contributed by atoms with Crippen molar-refractivity contribution < 1.29 is 14.7 Å². The average Bonchev–Trinajstić information content (AvgIpc) is 2.89. The van der Waals surface area contributed by atoms with E-state index >= 15 is 0 Å². The first kappa shape index (κ1) is 22.1. The second-order valence-corrected chi connectivity index (χ2v) is 7.93. The Kier molecular flexibility index (Phi) is 6.34. The smallest absolute Gasteiger partial charge is 0.365 e. The van der Waals surface area contributed by atoms with E-state index in [0.29, 0.717) is 43.3 Å². The van der Waals surface area contributed by atoms with Gasteiger partial charge in [-0.05, 0) is 42.5 Å². The van der Waals surface area contributed by atoms with E-state index in [1.807, 2.05) is 0 Å². The van der Waals surface area contributed by atoms with Gasteiger partial charge in [-0.25, -0.2) is 14.8 Å². The normalized spacial score (nSPS) is 15.2. The predicted octanol–water partition coefficient (Wildman–Crippen LogP) is 5.36. The quantitative estimate of drug-likeness (QED) is 0.473. The molecular weight excluding hydrogens is 475 g/mol. The van der Waals surface area contributed by atoms with Crippen molar-refractivity contribution in [3.63, 3.8) is 0 Å². The highest BCUT2D eigenvalue weighted by Crippen LogP contribution is 2.33. The number of benzene rings is 3. The summed E-state index contributed by atoms with van der Waals surface area (Å²) in [6, 6.07) is 18.4. The number of carbonyl (C=O) groups excluding carboxylic acids is 1. The monoisotopic (exact) mass is 488 g/mol. The van der Waals surface area contributed by atoms with Gasteiger partial charge in [-0.1, -0.05) is 59.1 Å². The van der Waals surface area contributed by atoms with E-state index in [4.69, 9.17) is 45.4 Å². The molecule has 0 aromatic heterocycles. The van der Waals surface area contributed by atoms with E-state index in [9.17, 15) is 9.90 Å². The summed E-state index contributed by atoms with van der Waals surface area (Å²) < 4.78 is 0. The Morgan fingerprint density at radius 1 is 0.969 bits per heavy atom. The Hall–Kier alpha value is -3.10. The van der Waals surface area contributed by atoms with Crippen LogP contribution in [0.5, 0.6) is 0 Å². The Morgan fingerprint density at radius 2 is 1.72 bits per heavy atom. The fourth-order valence-corrected chi connectivity index (χ4v) is 3.75. The van der Waals surface area contributed by atoms with Gasteiger partial charge in [0.25, 0.3) is 0 Å². The molecule has 3 aromatic carbocycles. The van der Waals surface area contributed by atoms with Crippen LogP contribution in [0.4, 0.5) is 16.2 Å². The number of hydrogen-bond donors (Lipinski definition) is 2. The summed E-state index contributed by atoms with van der Waals surface area (Å²) >= 11 is 18.7. The predicted molar refractivity (Wildman–Crippen MR) is 126 cm³/mol. The van der Waals surface area contributed by atoms with Crippen LogP contribution in [-0.4, -0.2) is 29.0 Å². The number of rotatable bonds is 2. The van der Waals surface area contributed by atoms with Crippen LogP contribution in [0.2, 0.25) is 15.1 Å². The third-order valence-electron chi connectivity index (χ3n) is 4.49. The average molecular weight is 490 g/mol. The van der Waals surface area contributed by atoms with Crippen LogP contribution in [0.1, 0.15) is 11.1 Å². The topological polar surface area (TPSA) is 101 Å². The lowest BCUT2D eigenvalue weighted by atomic mass is 10.0. The molecule has 0 saturated heterocycles. The van der Waals surface area contributed by atoms with Gasteiger partial charge in [-0.3, -0.25) is 0 Å². The zero-order valence-electron chi connectivity index (χ0n) is 16.2. The molecule has 0 saturated carbocycles. The van der Waals surface area contributed by atoms with Crippen LogP contribution in [0, 0.1) is 0 Å². The van der Waals surface area contributed by atoms with Crippen molar-refractivity contribution in [2.45, 2.75) is 6.23 Å². The number of fused-ring (bicyclic) bond motifs is 1. The van der Waals surface area contributed by atoms with Crippen molar-refractivity contribution in [2.24, 2.45) is 15.7 Å². The number of aliphatic hydroxyl groups excluding tert-OH is 1. The summed E-state index contributed by atoms with van der Waals surface area (Å²) in [5.74, 6) is -0.114. The lowest BCUT2D eigenvalue weighted by Gasteiger charge is -2.24. The van der Waals surface area contributed by atoms with Crippen molar-refractivity contribution >= 4 is 63.8 Å². The van der Waals surface area contributed by atoms with E-state index in [2.05, 4.69) is 9.98 Å². The highest BCUT2D eigenvalue weighted by Gasteiger charge is 2.30. The third-order valence-corrected chi connectivity index (χ3v) is 5.29. The maximum absolute atomic E-state index is 11.6. The minimum atomic E-state index is -1.55. The van der Waals surface area contributed by atoms with Crippen LogP contribution in [0.3, 0.4) is 0 Å². The number of hydrogen-bond acceptors (Lipinski definition) is 6. The molecule has 4 rings (SSSR count). The van der Waals surface area contributed by atoms with Crippen LogP contribution < -0.4 is 10.8 Å². The van der Waals surface area contributed by atoms with Crippen molar-refractivity contribution in [1.29, 1.82) is 0 Å². The number of halogens is 3. The third kappa shape index (κ3) is 4.56. The number of nitrogens with two attached hydrogens (primary N) is 1. The molecule has 1 aliphatic rings. The van der Waals surface area contributed by atoms with Crippen molar-refractivity contribution in [3.05, 3.63) is 92.9 Å². The first-order chi connectivity index (χ1) is 15.3. The summed E-state index contributed by atoms with van der Waals surface area (Å²) in [7, 11) is 0. The second-order valence-electron chi connectivity index (χ2n) is 6.65. The first-order valence-corrected chi connectivity index (χ1v) is 10.4. The van der Waals surface area contributed by atoms with Gasteiger partial charge in [-0.15, -0.1) is 0 Å². The van der Waals surface area contributed by atoms with Gasteiger partial charge >= 0.3 is 6.09 Å². The van der Waals surface area contributed by atoms with Crippen molar-refractivity contribution in [1.82, 2.24) is 0 Å². The molecule has 7 nitrogen and oxygen atoms in total. The largest absolute Gasteiger partial charge is 0.429 e. The number of carbonyl (C=O) groups is 1. The van der Waals surface area contributed by atoms with E-state index in [1.54, 1.807) is 60.7 Å². The van der Waals surface area contributed by atoms with Crippen LogP contribution in [-0.2, 0) is 4.84 Å². The molecule has 0 radical (unpaired) electrons. The van der Waals surface area contributed by atoms with Gasteiger partial charge in [0.2, 0.25) is 6.23 Å². The SMILES string of the molecule is NC(=O)ON(C1=Nc2ccc(Cl)cc2C(c2ccccc2Cl)=NC1O)c1cccc(Cl)c1. The van der Waals surface area contributed by atoms with Gasteiger partial charge in [0, 0.05) is 26.2 Å². The molecular formula is C22H15Cl3N4O3. The van der Waals surface area contributed by atoms with Gasteiger partial charge in [0.05, 0.1) is 17.1 Å². The van der Waals surface area contributed by atoms with Crippen molar-refractivity contribution in [3.8, 4) is 0 Å². The number of anilines is 1. The minimum absolute atomic E-state index is 0.114. The zero-order chi connectivity index (χ0) is 22.8. The Labute approximate surface area is 198 Å². The van der Waals surface area contributed by atoms with Crippen LogP contribution >= 0.6 is 34.8 Å². The Balaban J connectivity index is 1.93. The molecule has 32 heavy (non-hydrogen) atoms. The maximum atomic E-state index is 11.6. The standard InChI is InChI=1S/C22H15Cl3N4O3/c23-12-4-3-5-14(10-12)29(32-22(26)31)20-21(30)28-19(15-6-1-2-7-17(15)25)16-11-13(24)8-9-18(16)27-20/h1-11,21,30H,(H2,26,31). The first-order valence-electron chi connectivity index (χ1n) is 9.26. The molecule has 0 bridgehead atoms. The number of aliphatic hydroxyl groups is 1. The van der Waals surface area contributed by atoms with Crippen LogP contribution in [0.15, 0.2) is 76.7 Å². The summed E-state index contributed by atoms with van der Waals surface area (Å²) in [4.78, 5) is 25.8. The number of nitrogens with zero attached hydrogens (tertiary/aromatic N) is 3.